The molecule has 0 radical (unpaired) electrons. The number of aryl methyl sites for hydroxylation is 1. The van der Waals surface area contributed by atoms with E-state index in [9.17, 15) is 4.79 Å². The van der Waals surface area contributed by atoms with Crippen LogP contribution in [0.15, 0.2) is 18.3 Å². The number of pyridine rings is 1. The van der Waals surface area contributed by atoms with Crippen LogP contribution in [-0.2, 0) is 4.79 Å². The fourth-order valence-corrected chi connectivity index (χ4v) is 3.38. The number of carbonyl (C=O) groups excluding carboxylic acids is 1. The number of nitrogens with zero attached hydrogens (tertiary/aromatic N) is 2. The van der Waals surface area contributed by atoms with Crippen molar-refractivity contribution in [2.45, 2.75) is 32.8 Å². The van der Waals surface area contributed by atoms with Crippen LogP contribution in [0.25, 0.3) is 0 Å². The predicted molar refractivity (Wildman–Crippen MR) is 71.9 cm³/mol. The Hall–Kier alpha value is -1.58. The lowest BCUT2D eigenvalue weighted by atomic mass is 9.99. The van der Waals surface area contributed by atoms with Gasteiger partial charge in [0, 0.05) is 32.1 Å². The van der Waals surface area contributed by atoms with Gasteiger partial charge in [0.1, 0.15) is 11.9 Å². The first-order valence-corrected chi connectivity index (χ1v) is 6.99. The number of likely N-dealkylation sites (tertiary alicyclic amines) is 1. The van der Waals surface area contributed by atoms with Gasteiger partial charge in [-0.05, 0) is 37.8 Å². The Kier molecular flexibility index (Phi) is 3.17. The molecule has 3 atom stereocenters. The van der Waals surface area contributed by atoms with E-state index in [2.05, 4.69) is 4.98 Å². The quantitative estimate of drug-likeness (QED) is 0.817. The van der Waals surface area contributed by atoms with Crippen LogP contribution >= 0.6 is 0 Å². The van der Waals surface area contributed by atoms with E-state index in [1.807, 2.05) is 24.0 Å². The van der Waals surface area contributed by atoms with Crippen LogP contribution in [0, 0.1) is 18.8 Å². The van der Waals surface area contributed by atoms with Gasteiger partial charge in [-0.2, -0.15) is 0 Å². The Morgan fingerprint density at radius 2 is 2.26 bits per heavy atom. The maximum absolute atomic E-state index is 11.5. The molecule has 2 aliphatic rings. The molecule has 0 aromatic carbocycles. The summed E-state index contributed by atoms with van der Waals surface area (Å²) in [5, 5.41) is 0. The number of rotatable bonds is 2. The van der Waals surface area contributed by atoms with Crippen LogP contribution in [0.5, 0.6) is 5.75 Å². The molecular formula is C15H20N2O2. The van der Waals surface area contributed by atoms with Crippen LogP contribution in [0.3, 0.4) is 0 Å². The zero-order valence-electron chi connectivity index (χ0n) is 11.5. The highest BCUT2D eigenvalue weighted by atomic mass is 16.5. The first kappa shape index (κ1) is 12.5. The zero-order chi connectivity index (χ0) is 13.4. The van der Waals surface area contributed by atoms with Gasteiger partial charge in [-0.3, -0.25) is 9.78 Å². The van der Waals surface area contributed by atoms with E-state index in [0.717, 1.165) is 31.0 Å². The Balaban J connectivity index is 1.70. The first-order chi connectivity index (χ1) is 9.15. The van der Waals surface area contributed by atoms with Gasteiger partial charge in [0.25, 0.3) is 0 Å². The van der Waals surface area contributed by atoms with Crippen molar-refractivity contribution in [1.82, 2.24) is 9.88 Å². The maximum Gasteiger partial charge on any atom is 0.219 e. The fraction of sp³-hybridized carbons (Fsp3) is 0.600. The Labute approximate surface area is 113 Å². The van der Waals surface area contributed by atoms with Crippen molar-refractivity contribution < 1.29 is 9.53 Å². The van der Waals surface area contributed by atoms with E-state index in [1.54, 1.807) is 13.1 Å². The van der Waals surface area contributed by atoms with Gasteiger partial charge in [-0.25, -0.2) is 0 Å². The highest BCUT2D eigenvalue weighted by molar-refractivity contribution is 5.73. The summed E-state index contributed by atoms with van der Waals surface area (Å²) in [7, 11) is 0. The molecule has 1 amide bonds. The van der Waals surface area contributed by atoms with Crippen LogP contribution in [0.2, 0.25) is 0 Å². The average Bonchev–Trinajstić information content (AvgIpc) is 2.94. The highest BCUT2D eigenvalue weighted by Gasteiger charge is 2.44. The normalized spacial score (nSPS) is 29.4. The first-order valence-electron chi connectivity index (χ1n) is 6.99. The van der Waals surface area contributed by atoms with E-state index >= 15 is 0 Å². The van der Waals surface area contributed by atoms with Gasteiger partial charge < -0.3 is 9.64 Å². The molecule has 0 unspecified atom stereocenters. The molecule has 2 fully saturated rings. The van der Waals surface area contributed by atoms with E-state index in [1.165, 1.54) is 6.42 Å². The second-order valence-electron chi connectivity index (χ2n) is 5.67. The topological polar surface area (TPSA) is 42.4 Å². The lowest BCUT2D eigenvalue weighted by molar-refractivity contribution is -0.128. The average molecular weight is 260 g/mol. The number of hydrogen-bond acceptors (Lipinski definition) is 3. The SMILES string of the molecule is CC(=O)N1C[C@H]2CC[C@@H](Oc3cccnc3C)[C@H]2C1. The van der Waals surface area contributed by atoms with Crippen molar-refractivity contribution in [1.29, 1.82) is 0 Å². The van der Waals surface area contributed by atoms with Crippen molar-refractivity contribution in [3.05, 3.63) is 24.0 Å². The molecule has 1 saturated carbocycles. The van der Waals surface area contributed by atoms with Crippen molar-refractivity contribution in [2.24, 2.45) is 11.8 Å². The lowest BCUT2D eigenvalue weighted by Crippen LogP contribution is -2.30. The van der Waals surface area contributed by atoms with E-state index in [-0.39, 0.29) is 12.0 Å². The molecule has 4 heteroatoms. The second kappa shape index (κ2) is 4.83. The number of fused-ring (bicyclic) bond motifs is 1. The third kappa shape index (κ3) is 2.31. The third-order valence-electron chi connectivity index (χ3n) is 4.47. The van der Waals surface area contributed by atoms with Gasteiger partial charge in [-0.15, -0.1) is 0 Å². The molecule has 102 valence electrons. The third-order valence-corrected chi connectivity index (χ3v) is 4.47. The largest absolute Gasteiger partial charge is 0.488 e. The molecule has 1 aromatic heterocycles. The maximum atomic E-state index is 11.5. The Morgan fingerprint density at radius 3 is 3.00 bits per heavy atom. The number of carbonyl (C=O) groups is 1. The van der Waals surface area contributed by atoms with Crippen LogP contribution in [0.4, 0.5) is 0 Å². The van der Waals surface area contributed by atoms with Crippen LogP contribution in [-0.4, -0.2) is 35.0 Å². The van der Waals surface area contributed by atoms with Crippen molar-refractivity contribution >= 4 is 5.91 Å². The van der Waals surface area contributed by atoms with Crippen LogP contribution in [0.1, 0.15) is 25.5 Å². The molecular weight excluding hydrogens is 240 g/mol. The van der Waals surface area contributed by atoms with Gasteiger partial charge in [0.2, 0.25) is 5.91 Å². The predicted octanol–water partition coefficient (Wildman–Crippen LogP) is 2.03. The summed E-state index contributed by atoms with van der Waals surface area (Å²) in [6.45, 7) is 5.39. The smallest absolute Gasteiger partial charge is 0.219 e. The number of ether oxygens (including phenoxy) is 1. The number of amides is 1. The van der Waals surface area contributed by atoms with Gasteiger partial charge in [0.15, 0.2) is 0 Å². The van der Waals surface area contributed by atoms with Gasteiger partial charge in [0.05, 0.1) is 5.69 Å². The minimum absolute atomic E-state index is 0.186. The Bertz CT molecular complexity index is 489. The van der Waals surface area contributed by atoms with Gasteiger partial charge >= 0.3 is 0 Å². The molecule has 4 nitrogen and oxygen atoms in total. The Morgan fingerprint density at radius 1 is 1.42 bits per heavy atom. The van der Waals surface area contributed by atoms with Crippen molar-refractivity contribution in [2.75, 3.05) is 13.1 Å². The minimum Gasteiger partial charge on any atom is -0.488 e. The number of hydrogen-bond donors (Lipinski definition) is 0. The van der Waals surface area contributed by atoms with Crippen molar-refractivity contribution in [3.63, 3.8) is 0 Å². The highest BCUT2D eigenvalue weighted by Crippen LogP contribution is 2.40. The van der Waals surface area contributed by atoms with Crippen LogP contribution < -0.4 is 4.74 Å². The summed E-state index contributed by atoms with van der Waals surface area (Å²) in [4.78, 5) is 17.7. The molecule has 1 aliphatic carbocycles. The molecule has 2 heterocycles. The molecule has 1 saturated heterocycles. The minimum atomic E-state index is 0.186. The summed E-state index contributed by atoms with van der Waals surface area (Å²) in [6, 6.07) is 3.89. The van der Waals surface area contributed by atoms with E-state index < -0.39 is 0 Å². The molecule has 1 aliphatic heterocycles. The summed E-state index contributed by atoms with van der Waals surface area (Å²) >= 11 is 0. The summed E-state index contributed by atoms with van der Waals surface area (Å²) in [5.41, 5.74) is 0.937. The molecule has 19 heavy (non-hydrogen) atoms. The zero-order valence-corrected chi connectivity index (χ0v) is 11.5. The summed E-state index contributed by atoms with van der Waals surface area (Å²) in [5.74, 6) is 2.18. The molecule has 0 spiro atoms. The summed E-state index contributed by atoms with van der Waals surface area (Å²) < 4.78 is 6.15. The number of aromatic nitrogens is 1. The second-order valence-corrected chi connectivity index (χ2v) is 5.67. The van der Waals surface area contributed by atoms with Gasteiger partial charge in [-0.1, -0.05) is 0 Å². The molecule has 0 N–H and O–H groups in total. The molecule has 3 rings (SSSR count). The molecule has 1 aromatic rings. The van der Waals surface area contributed by atoms with E-state index in [0.29, 0.717) is 11.8 Å². The van der Waals surface area contributed by atoms with Crippen molar-refractivity contribution in [3.8, 4) is 5.75 Å². The van der Waals surface area contributed by atoms with E-state index in [4.69, 9.17) is 4.74 Å². The monoisotopic (exact) mass is 260 g/mol. The molecule has 0 bridgehead atoms. The lowest BCUT2D eigenvalue weighted by Gasteiger charge is -2.22. The summed E-state index contributed by atoms with van der Waals surface area (Å²) in [6.07, 6.45) is 4.28. The standard InChI is InChI=1S/C15H20N2O2/c1-10-14(4-3-7-16-10)19-15-6-5-12-8-17(11(2)18)9-13(12)15/h3-4,7,12-13,15H,5-6,8-9H2,1-2H3/t12-,13+,15-/m1/s1. The fourth-order valence-electron chi connectivity index (χ4n) is 3.38.